The third-order valence-electron chi connectivity index (χ3n) is 4.59. The van der Waals surface area contributed by atoms with Gasteiger partial charge in [0.15, 0.2) is 0 Å². The zero-order valence-corrected chi connectivity index (χ0v) is 16.1. The SMILES string of the molecule is Cc1cccc(C(=O)NCc2ccccc2COCc2ccccc2)c1[N+](=O)[O-]. The number of rotatable bonds is 8. The molecule has 0 atom stereocenters. The molecule has 29 heavy (non-hydrogen) atoms. The van der Waals surface area contributed by atoms with Crippen molar-refractivity contribution in [2.24, 2.45) is 0 Å². The maximum Gasteiger partial charge on any atom is 0.285 e. The molecule has 0 aliphatic heterocycles. The van der Waals surface area contributed by atoms with Crippen molar-refractivity contribution in [1.29, 1.82) is 0 Å². The molecule has 0 heterocycles. The van der Waals surface area contributed by atoms with Crippen LogP contribution in [0.1, 0.15) is 32.6 Å². The summed E-state index contributed by atoms with van der Waals surface area (Å²) < 4.78 is 5.80. The number of nitro groups is 1. The molecular weight excluding hydrogens is 368 g/mol. The topological polar surface area (TPSA) is 81.5 Å². The van der Waals surface area contributed by atoms with Gasteiger partial charge >= 0.3 is 0 Å². The normalized spacial score (nSPS) is 10.5. The van der Waals surface area contributed by atoms with E-state index in [2.05, 4.69) is 5.32 Å². The molecule has 0 aliphatic carbocycles. The van der Waals surface area contributed by atoms with Gasteiger partial charge in [-0.05, 0) is 29.7 Å². The molecule has 6 heteroatoms. The maximum atomic E-state index is 12.6. The van der Waals surface area contributed by atoms with Gasteiger partial charge in [-0.3, -0.25) is 14.9 Å². The van der Waals surface area contributed by atoms with Crippen molar-refractivity contribution in [1.82, 2.24) is 5.32 Å². The average molecular weight is 390 g/mol. The minimum Gasteiger partial charge on any atom is -0.372 e. The van der Waals surface area contributed by atoms with Crippen molar-refractivity contribution in [3.05, 3.63) is 111 Å². The molecular formula is C23H22N2O4. The number of hydrogen-bond acceptors (Lipinski definition) is 4. The molecule has 0 saturated carbocycles. The highest BCUT2D eigenvalue weighted by Gasteiger charge is 2.22. The van der Waals surface area contributed by atoms with Crippen LogP contribution in [-0.4, -0.2) is 10.8 Å². The van der Waals surface area contributed by atoms with E-state index in [0.29, 0.717) is 18.8 Å². The fourth-order valence-electron chi connectivity index (χ4n) is 3.08. The minimum atomic E-state index is -0.518. The number of ether oxygens (including phenoxy) is 1. The summed E-state index contributed by atoms with van der Waals surface area (Å²) >= 11 is 0. The van der Waals surface area contributed by atoms with Crippen LogP contribution in [0.3, 0.4) is 0 Å². The summed E-state index contributed by atoms with van der Waals surface area (Å²) in [6.45, 7) is 2.78. The Morgan fingerprint density at radius 3 is 2.34 bits per heavy atom. The van der Waals surface area contributed by atoms with Crippen LogP contribution in [0.15, 0.2) is 72.8 Å². The van der Waals surface area contributed by atoms with Crippen LogP contribution < -0.4 is 5.32 Å². The molecule has 0 unspecified atom stereocenters. The molecule has 0 radical (unpaired) electrons. The maximum absolute atomic E-state index is 12.6. The first-order valence-corrected chi connectivity index (χ1v) is 9.27. The van der Waals surface area contributed by atoms with Crippen LogP contribution >= 0.6 is 0 Å². The van der Waals surface area contributed by atoms with Crippen LogP contribution in [0.5, 0.6) is 0 Å². The van der Waals surface area contributed by atoms with Crippen molar-refractivity contribution in [3.8, 4) is 0 Å². The van der Waals surface area contributed by atoms with Crippen molar-refractivity contribution < 1.29 is 14.5 Å². The lowest BCUT2D eigenvalue weighted by atomic mass is 10.1. The zero-order valence-electron chi connectivity index (χ0n) is 16.1. The lowest BCUT2D eigenvalue weighted by Crippen LogP contribution is -2.24. The summed E-state index contributed by atoms with van der Waals surface area (Å²) in [5.74, 6) is -0.472. The first-order chi connectivity index (χ1) is 14.1. The van der Waals surface area contributed by atoms with Gasteiger partial charge in [-0.25, -0.2) is 0 Å². The minimum absolute atomic E-state index is 0.0628. The predicted molar refractivity (Wildman–Crippen MR) is 110 cm³/mol. The first kappa shape index (κ1) is 20.2. The third kappa shape index (κ3) is 5.27. The lowest BCUT2D eigenvalue weighted by molar-refractivity contribution is -0.385. The van der Waals surface area contributed by atoms with E-state index in [-0.39, 0.29) is 17.8 Å². The summed E-state index contributed by atoms with van der Waals surface area (Å²) in [5, 5.41) is 14.1. The Hall–Kier alpha value is -3.51. The molecule has 0 saturated heterocycles. The monoisotopic (exact) mass is 390 g/mol. The standard InChI is InChI=1S/C23H22N2O4/c1-17-8-7-13-21(22(17)25(27)28)23(26)24-14-19-11-5-6-12-20(19)16-29-15-18-9-3-2-4-10-18/h2-13H,14-16H2,1H3,(H,24,26). The largest absolute Gasteiger partial charge is 0.372 e. The molecule has 0 fully saturated rings. The second-order valence-electron chi connectivity index (χ2n) is 6.66. The Kier molecular flexibility index (Phi) is 6.71. The van der Waals surface area contributed by atoms with E-state index in [1.807, 2.05) is 54.6 Å². The van der Waals surface area contributed by atoms with Gasteiger partial charge in [-0.2, -0.15) is 0 Å². The van der Waals surface area contributed by atoms with Gasteiger partial charge < -0.3 is 10.1 Å². The molecule has 3 aromatic carbocycles. The quantitative estimate of drug-likeness (QED) is 0.452. The molecule has 0 spiro atoms. The van der Waals surface area contributed by atoms with Gasteiger partial charge in [0, 0.05) is 12.1 Å². The van der Waals surface area contributed by atoms with Gasteiger partial charge in [0.25, 0.3) is 11.6 Å². The van der Waals surface area contributed by atoms with E-state index in [4.69, 9.17) is 4.74 Å². The zero-order chi connectivity index (χ0) is 20.6. The Labute approximate surface area is 169 Å². The second kappa shape index (κ2) is 9.61. The molecule has 1 N–H and O–H groups in total. The highest BCUT2D eigenvalue weighted by molar-refractivity contribution is 5.98. The van der Waals surface area contributed by atoms with E-state index >= 15 is 0 Å². The molecule has 0 aromatic heterocycles. The fraction of sp³-hybridized carbons (Fsp3) is 0.174. The van der Waals surface area contributed by atoms with E-state index in [0.717, 1.165) is 16.7 Å². The highest BCUT2D eigenvalue weighted by atomic mass is 16.6. The number of para-hydroxylation sites is 1. The van der Waals surface area contributed by atoms with Gasteiger partial charge in [-0.1, -0.05) is 66.7 Å². The molecule has 3 rings (SSSR count). The molecule has 0 aliphatic rings. The molecule has 0 bridgehead atoms. The third-order valence-corrected chi connectivity index (χ3v) is 4.59. The van der Waals surface area contributed by atoms with Crippen LogP contribution in [0, 0.1) is 17.0 Å². The lowest BCUT2D eigenvalue weighted by Gasteiger charge is -2.12. The van der Waals surface area contributed by atoms with Crippen molar-refractivity contribution >= 4 is 11.6 Å². The van der Waals surface area contributed by atoms with Gasteiger partial charge in [0.2, 0.25) is 0 Å². The Morgan fingerprint density at radius 2 is 1.62 bits per heavy atom. The first-order valence-electron chi connectivity index (χ1n) is 9.27. The van der Waals surface area contributed by atoms with E-state index in [9.17, 15) is 14.9 Å². The number of aryl methyl sites for hydroxylation is 1. The van der Waals surface area contributed by atoms with Crippen molar-refractivity contribution in [2.45, 2.75) is 26.7 Å². The summed E-state index contributed by atoms with van der Waals surface area (Å²) in [7, 11) is 0. The number of carbonyl (C=O) groups is 1. The summed E-state index contributed by atoms with van der Waals surface area (Å²) in [6.07, 6.45) is 0. The van der Waals surface area contributed by atoms with E-state index < -0.39 is 10.8 Å². The Bertz CT molecular complexity index is 1000. The summed E-state index contributed by atoms with van der Waals surface area (Å²) in [6, 6.07) is 22.3. The predicted octanol–water partition coefficient (Wildman–Crippen LogP) is 4.55. The van der Waals surface area contributed by atoms with Crippen molar-refractivity contribution in [2.75, 3.05) is 0 Å². The number of hydrogen-bond donors (Lipinski definition) is 1. The average Bonchev–Trinajstić information content (AvgIpc) is 2.73. The highest BCUT2D eigenvalue weighted by Crippen LogP contribution is 2.23. The molecule has 1 amide bonds. The van der Waals surface area contributed by atoms with Gasteiger partial charge in [0.1, 0.15) is 5.56 Å². The van der Waals surface area contributed by atoms with E-state index in [1.54, 1.807) is 19.1 Å². The fourth-order valence-corrected chi connectivity index (χ4v) is 3.08. The number of carbonyl (C=O) groups excluding carboxylic acids is 1. The molecule has 3 aromatic rings. The van der Waals surface area contributed by atoms with Crippen LogP contribution in [0.2, 0.25) is 0 Å². The molecule has 6 nitrogen and oxygen atoms in total. The number of nitro benzene ring substituents is 1. The summed E-state index contributed by atoms with van der Waals surface area (Å²) in [5.41, 5.74) is 3.31. The Morgan fingerprint density at radius 1 is 0.931 bits per heavy atom. The number of nitrogens with zero attached hydrogens (tertiary/aromatic N) is 1. The number of amides is 1. The smallest absolute Gasteiger partial charge is 0.285 e. The van der Waals surface area contributed by atoms with Crippen LogP contribution in [0.25, 0.3) is 0 Å². The van der Waals surface area contributed by atoms with Gasteiger partial charge in [0.05, 0.1) is 18.1 Å². The number of benzene rings is 3. The van der Waals surface area contributed by atoms with Crippen LogP contribution in [-0.2, 0) is 24.5 Å². The van der Waals surface area contributed by atoms with E-state index in [1.165, 1.54) is 6.07 Å². The van der Waals surface area contributed by atoms with Crippen molar-refractivity contribution in [3.63, 3.8) is 0 Å². The second-order valence-corrected chi connectivity index (χ2v) is 6.66. The van der Waals surface area contributed by atoms with Crippen LogP contribution in [0.4, 0.5) is 5.69 Å². The summed E-state index contributed by atoms with van der Waals surface area (Å²) in [4.78, 5) is 23.4. The van der Waals surface area contributed by atoms with Gasteiger partial charge in [-0.15, -0.1) is 0 Å². The molecule has 148 valence electrons. The Balaban J connectivity index is 1.65. The number of nitrogens with one attached hydrogen (secondary N) is 1.